The van der Waals surface area contributed by atoms with E-state index in [9.17, 15) is 8.42 Å². The van der Waals surface area contributed by atoms with E-state index in [-0.39, 0.29) is 12.4 Å². The summed E-state index contributed by atoms with van der Waals surface area (Å²) in [5, 5.41) is 8.83. The van der Waals surface area contributed by atoms with Gasteiger partial charge in [0.15, 0.2) is 9.84 Å². The molecule has 0 unspecified atom stereocenters. The van der Waals surface area contributed by atoms with Crippen molar-refractivity contribution in [1.82, 2.24) is 0 Å². The fourth-order valence-electron chi connectivity index (χ4n) is 5.72. The molecule has 0 atom stereocenters. The Balaban J connectivity index is 1.51. The molecule has 0 radical (unpaired) electrons. The molecule has 0 saturated carbocycles. The number of thioether (sulfide) groups is 1. The summed E-state index contributed by atoms with van der Waals surface area (Å²) in [5.41, 5.74) is 2.15. The van der Waals surface area contributed by atoms with Gasteiger partial charge in [0.05, 0.1) is 10.6 Å². The van der Waals surface area contributed by atoms with E-state index in [0.717, 1.165) is 43.2 Å². The van der Waals surface area contributed by atoms with E-state index in [4.69, 9.17) is 5.11 Å². The molecule has 2 aromatic rings. The lowest BCUT2D eigenvalue weighted by molar-refractivity contribution is 0.282. The lowest BCUT2D eigenvalue weighted by Gasteiger charge is -2.05. The molecule has 0 spiro atoms. The highest BCUT2D eigenvalue weighted by Crippen LogP contribution is 2.22. The Morgan fingerprint density at radius 1 is 0.533 bits per heavy atom. The quantitative estimate of drug-likeness (QED) is 0.0538. The highest BCUT2D eigenvalue weighted by Gasteiger charge is 2.13. The average Bonchev–Trinajstić information content (AvgIpc) is 3.05. The molecule has 0 aliphatic heterocycles. The molecular formula is C40H64O3S2. The first-order valence-corrected chi connectivity index (χ1v) is 21.0. The van der Waals surface area contributed by atoms with E-state index in [2.05, 4.69) is 37.3 Å². The zero-order valence-electron chi connectivity index (χ0n) is 28.5. The van der Waals surface area contributed by atoms with Gasteiger partial charge in [0.2, 0.25) is 0 Å². The summed E-state index contributed by atoms with van der Waals surface area (Å²) in [6.45, 7) is 2.53. The first kappa shape index (κ1) is 39.6. The Morgan fingerprint density at radius 3 is 1.40 bits per heavy atom. The van der Waals surface area contributed by atoms with Gasteiger partial charge < -0.3 is 5.11 Å². The van der Waals surface area contributed by atoms with Crippen molar-refractivity contribution in [3.05, 3.63) is 59.7 Å². The maximum Gasteiger partial charge on any atom is 0.178 e. The molecule has 2 aromatic carbocycles. The highest BCUT2D eigenvalue weighted by atomic mass is 32.2. The second-order valence-corrected chi connectivity index (χ2v) is 16.1. The van der Waals surface area contributed by atoms with Crippen molar-refractivity contribution in [2.24, 2.45) is 0 Å². The average molecular weight is 657 g/mol. The Labute approximate surface area is 282 Å². The predicted octanol–water partition coefficient (Wildman–Crippen LogP) is 12.3. The Hall–Kier alpha value is -1.56. The number of rotatable bonds is 29. The summed E-state index contributed by atoms with van der Waals surface area (Å²) < 4.78 is 25.3. The van der Waals surface area contributed by atoms with Crippen LogP contribution in [0.3, 0.4) is 0 Å². The molecule has 0 aromatic heterocycles. The zero-order chi connectivity index (χ0) is 32.3. The topological polar surface area (TPSA) is 54.4 Å². The minimum absolute atomic E-state index is 0.200. The van der Waals surface area contributed by atoms with Crippen LogP contribution < -0.4 is 0 Å². The molecule has 0 saturated heterocycles. The maximum atomic E-state index is 12.7. The van der Waals surface area contributed by atoms with Crippen LogP contribution in [-0.4, -0.2) is 31.6 Å². The van der Waals surface area contributed by atoms with Crippen molar-refractivity contribution in [3.63, 3.8) is 0 Å². The van der Waals surface area contributed by atoms with Crippen LogP contribution in [0.1, 0.15) is 159 Å². The summed E-state index contributed by atoms with van der Waals surface area (Å²) >= 11 is 1.95. The van der Waals surface area contributed by atoms with Crippen molar-refractivity contribution in [2.45, 2.75) is 158 Å². The third kappa shape index (κ3) is 20.3. The molecule has 254 valence electrons. The molecule has 0 bridgehead atoms. The Bertz CT molecular complexity index is 1090. The van der Waals surface area contributed by atoms with Crippen molar-refractivity contribution < 1.29 is 13.5 Å². The number of hydrogen-bond acceptors (Lipinski definition) is 4. The molecule has 45 heavy (non-hydrogen) atoms. The molecule has 0 aliphatic carbocycles. The Morgan fingerprint density at radius 2 is 0.933 bits per heavy atom. The van der Waals surface area contributed by atoms with Crippen LogP contribution >= 0.6 is 11.8 Å². The van der Waals surface area contributed by atoms with Gasteiger partial charge in [-0.25, -0.2) is 8.42 Å². The first-order valence-electron chi connectivity index (χ1n) is 18.4. The second kappa shape index (κ2) is 26.5. The zero-order valence-corrected chi connectivity index (χ0v) is 30.2. The van der Waals surface area contributed by atoms with E-state index in [1.54, 1.807) is 12.1 Å². The summed E-state index contributed by atoms with van der Waals surface area (Å²) in [6, 6.07) is 16.0. The monoisotopic (exact) mass is 656 g/mol. The molecular weight excluding hydrogens is 593 g/mol. The van der Waals surface area contributed by atoms with Gasteiger partial charge >= 0.3 is 0 Å². The fourth-order valence-corrected chi connectivity index (χ4v) is 8.01. The van der Waals surface area contributed by atoms with E-state index in [0.29, 0.717) is 11.3 Å². The van der Waals surface area contributed by atoms with Gasteiger partial charge in [0.1, 0.15) is 0 Å². The number of aliphatic hydroxyl groups is 1. The van der Waals surface area contributed by atoms with Crippen LogP contribution in [0.4, 0.5) is 0 Å². The predicted molar refractivity (Wildman–Crippen MR) is 199 cm³/mol. The van der Waals surface area contributed by atoms with E-state index in [1.165, 1.54) is 113 Å². The molecule has 0 amide bonds. The lowest BCUT2D eigenvalue weighted by atomic mass is 10.0. The number of aliphatic hydroxyl groups excluding tert-OH is 1. The Kier molecular flexibility index (Phi) is 23.3. The number of benzene rings is 2. The van der Waals surface area contributed by atoms with Crippen molar-refractivity contribution >= 4 is 33.8 Å². The molecule has 0 aliphatic rings. The molecule has 3 nitrogen and oxygen atoms in total. The molecule has 0 heterocycles. The van der Waals surface area contributed by atoms with E-state index >= 15 is 0 Å². The largest absolute Gasteiger partial charge is 0.396 e. The molecule has 0 fully saturated rings. The van der Waals surface area contributed by atoms with Gasteiger partial charge in [-0.3, -0.25) is 0 Å². The molecule has 1 N–H and O–H groups in total. The van der Waals surface area contributed by atoms with E-state index in [1.807, 2.05) is 30.0 Å². The molecule has 2 rings (SSSR count). The highest BCUT2D eigenvalue weighted by molar-refractivity contribution is 7.99. The molecule has 5 heteroatoms. The third-order valence-corrected chi connectivity index (χ3v) is 11.6. The van der Waals surface area contributed by atoms with Crippen molar-refractivity contribution in [1.29, 1.82) is 0 Å². The van der Waals surface area contributed by atoms with E-state index < -0.39 is 9.84 Å². The first-order chi connectivity index (χ1) is 22.0. The minimum atomic E-state index is -3.24. The minimum Gasteiger partial charge on any atom is -0.396 e. The third-order valence-electron chi connectivity index (χ3n) is 8.68. The van der Waals surface area contributed by atoms with Gasteiger partial charge in [-0.05, 0) is 60.4 Å². The lowest BCUT2D eigenvalue weighted by Crippen LogP contribution is -2.06. The van der Waals surface area contributed by atoms with Crippen LogP contribution in [0.2, 0.25) is 0 Å². The SMILES string of the molecule is CCCCCCCCCCCCCCCCCCSc1ccc(C=Cc2ccc(S(=O)(=O)CCCCCCCCO)cc2)cc1. The normalized spacial score (nSPS) is 12.0. The van der Waals surface area contributed by atoms with Crippen LogP contribution in [0.5, 0.6) is 0 Å². The smallest absolute Gasteiger partial charge is 0.178 e. The van der Waals surface area contributed by atoms with Crippen LogP contribution in [0, 0.1) is 0 Å². The van der Waals surface area contributed by atoms with Crippen molar-refractivity contribution in [3.8, 4) is 0 Å². The number of unbranched alkanes of at least 4 members (excludes halogenated alkanes) is 20. The van der Waals surface area contributed by atoms with Gasteiger partial charge in [-0.2, -0.15) is 0 Å². The van der Waals surface area contributed by atoms with Crippen LogP contribution in [-0.2, 0) is 9.84 Å². The van der Waals surface area contributed by atoms with Crippen LogP contribution in [0.25, 0.3) is 12.2 Å². The van der Waals surface area contributed by atoms with Gasteiger partial charge in [0, 0.05) is 11.5 Å². The second-order valence-electron chi connectivity index (χ2n) is 12.8. The van der Waals surface area contributed by atoms with Gasteiger partial charge in [-0.15, -0.1) is 11.8 Å². The summed E-state index contributed by atoms with van der Waals surface area (Å²) in [5.74, 6) is 1.39. The standard InChI is InChI=1S/C40H64O3S2/c1-2-3-4-5-6-7-8-9-10-11-12-13-14-16-19-22-35-44-39-30-26-37(27-31-39)24-25-38-28-32-40(33-29-38)45(42,43)36-23-20-17-15-18-21-34-41/h24-33,41H,2-23,34-36H2,1H3. The van der Waals surface area contributed by atoms with Crippen LogP contribution in [0.15, 0.2) is 58.3 Å². The van der Waals surface area contributed by atoms with Crippen molar-refractivity contribution in [2.75, 3.05) is 18.1 Å². The maximum absolute atomic E-state index is 12.7. The number of sulfone groups is 1. The van der Waals surface area contributed by atoms with Gasteiger partial charge in [0.25, 0.3) is 0 Å². The van der Waals surface area contributed by atoms with Gasteiger partial charge in [-0.1, -0.05) is 165 Å². The summed E-state index contributed by atoms with van der Waals surface area (Å²) in [6.07, 6.45) is 32.2. The fraction of sp³-hybridized carbons (Fsp3) is 0.650. The summed E-state index contributed by atoms with van der Waals surface area (Å²) in [7, 11) is -3.24. The summed E-state index contributed by atoms with van der Waals surface area (Å²) in [4.78, 5) is 1.73. The number of hydrogen-bond donors (Lipinski definition) is 1.